The molecule has 1 aliphatic carbocycles. The monoisotopic (exact) mass is 371 g/mol. The topological polar surface area (TPSA) is 54.5 Å². The van der Waals surface area contributed by atoms with Crippen molar-refractivity contribution in [3.63, 3.8) is 0 Å². The molecular formula is C20H25N3O2S. The summed E-state index contributed by atoms with van der Waals surface area (Å²) in [6, 6.07) is 10.6. The lowest BCUT2D eigenvalue weighted by Gasteiger charge is -2.38. The van der Waals surface area contributed by atoms with E-state index in [-0.39, 0.29) is 11.9 Å². The van der Waals surface area contributed by atoms with Crippen LogP contribution in [0.1, 0.15) is 36.1 Å². The summed E-state index contributed by atoms with van der Waals surface area (Å²) in [4.78, 5) is 20.7. The van der Waals surface area contributed by atoms with Crippen LogP contribution < -0.4 is 5.32 Å². The number of aromatic nitrogens is 1. The van der Waals surface area contributed by atoms with Crippen LogP contribution in [0.4, 0.5) is 5.13 Å². The first kappa shape index (κ1) is 17.6. The predicted octanol–water partition coefficient (Wildman–Crippen LogP) is 3.32. The Balaban J connectivity index is 1.39. The number of hydrogen-bond donors (Lipinski definition) is 1. The zero-order valence-corrected chi connectivity index (χ0v) is 15.7. The molecule has 4 rings (SSSR count). The van der Waals surface area contributed by atoms with Crippen LogP contribution in [0.3, 0.4) is 0 Å². The summed E-state index contributed by atoms with van der Waals surface area (Å²) in [5.74, 6) is 0.0113. The van der Waals surface area contributed by atoms with Crippen molar-refractivity contribution in [2.24, 2.45) is 0 Å². The van der Waals surface area contributed by atoms with Crippen LogP contribution in [0.15, 0.2) is 36.5 Å². The van der Waals surface area contributed by atoms with Gasteiger partial charge in [0, 0.05) is 30.1 Å². The van der Waals surface area contributed by atoms with Crippen molar-refractivity contribution in [2.45, 2.75) is 44.2 Å². The Kier molecular flexibility index (Phi) is 5.62. The fraction of sp³-hybridized carbons (Fsp3) is 0.500. The molecule has 1 aromatic heterocycles. The van der Waals surface area contributed by atoms with Gasteiger partial charge in [0.1, 0.15) is 6.04 Å². The lowest BCUT2D eigenvalue weighted by atomic mass is 10.1. The van der Waals surface area contributed by atoms with Gasteiger partial charge in [-0.05, 0) is 18.4 Å². The molecule has 1 atom stereocenters. The molecule has 5 nitrogen and oxygen atoms in total. The van der Waals surface area contributed by atoms with E-state index in [1.807, 2.05) is 24.4 Å². The van der Waals surface area contributed by atoms with E-state index < -0.39 is 0 Å². The van der Waals surface area contributed by atoms with Crippen LogP contribution in [-0.4, -0.2) is 47.6 Å². The predicted molar refractivity (Wildman–Crippen MR) is 104 cm³/mol. The molecule has 1 aromatic carbocycles. The fourth-order valence-corrected chi connectivity index (χ4v) is 4.80. The molecule has 2 aliphatic rings. The van der Waals surface area contributed by atoms with E-state index >= 15 is 0 Å². The van der Waals surface area contributed by atoms with E-state index in [4.69, 9.17) is 4.74 Å². The molecule has 0 bridgehead atoms. The number of nitrogens with zero attached hydrogens (tertiary/aromatic N) is 2. The summed E-state index contributed by atoms with van der Waals surface area (Å²) in [6.07, 6.45) is 7.64. The van der Waals surface area contributed by atoms with Crippen molar-refractivity contribution < 1.29 is 9.53 Å². The molecule has 0 unspecified atom stereocenters. The van der Waals surface area contributed by atoms with Gasteiger partial charge in [0.25, 0.3) is 0 Å². The lowest BCUT2D eigenvalue weighted by Crippen LogP contribution is -2.55. The molecule has 0 radical (unpaired) electrons. The number of amides is 1. The molecular weight excluding hydrogens is 346 g/mol. The van der Waals surface area contributed by atoms with Gasteiger partial charge >= 0.3 is 0 Å². The van der Waals surface area contributed by atoms with Gasteiger partial charge in [-0.1, -0.05) is 43.2 Å². The minimum absolute atomic E-state index is 0.0113. The summed E-state index contributed by atoms with van der Waals surface area (Å²) in [5, 5.41) is 3.70. The van der Waals surface area contributed by atoms with Gasteiger partial charge in [-0.25, -0.2) is 4.98 Å². The number of benzene rings is 1. The highest BCUT2D eigenvalue weighted by molar-refractivity contribution is 7.15. The standard InChI is InChI=1S/C20H25N3O2S/c24-19(18-14-25-11-10-23(18)16-8-4-5-9-16)22-20-21-13-17(26-20)12-15-6-2-1-3-7-15/h1-3,6-7,13,16,18H,4-5,8-12,14H2,(H,21,22,24)/t18-/m0/s1. The van der Waals surface area contributed by atoms with Crippen LogP contribution in [0.2, 0.25) is 0 Å². The molecule has 1 aliphatic heterocycles. The van der Waals surface area contributed by atoms with Gasteiger partial charge in [0.05, 0.1) is 13.2 Å². The van der Waals surface area contributed by atoms with Gasteiger partial charge in [0.2, 0.25) is 5.91 Å². The summed E-state index contributed by atoms with van der Waals surface area (Å²) in [6.45, 7) is 2.04. The van der Waals surface area contributed by atoms with Crippen molar-refractivity contribution in [1.29, 1.82) is 0 Å². The van der Waals surface area contributed by atoms with Crippen LogP contribution in [0.5, 0.6) is 0 Å². The van der Waals surface area contributed by atoms with Gasteiger partial charge in [-0.2, -0.15) is 0 Å². The SMILES string of the molecule is O=C(Nc1ncc(Cc2ccccc2)s1)[C@@H]1COCCN1C1CCCC1. The molecule has 1 saturated carbocycles. The average molecular weight is 372 g/mol. The smallest absolute Gasteiger partial charge is 0.245 e. The number of anilines is 1. The highest BCUT2D eigenvalue weighted by atomic mass is 32.1. The van der Waals surface area contributed by atoms with Crippen LogP contribution in [0.25, 0.3) is 0 Å². The minimum atomic E-state index is -0.201. The highest BCUT2D eigenvalue weighted by Gasteiger charge is 2.35. The van der Waals surface area contributed by atoms with E-state index in [2.05, 4.69) is 27.3 Å². The Labute approximate surface area is 158 Å². The zero-order chi connectivity index (χ0) is 17.8. The Morgan fingerprint density at radius 2 is 2.08 bits per heavy atom. The molecule has 1 amide bonds. The minimum Gasteiger partial charge on any atom is -0.378 e. The fourth-order valence-electron chi connectivity index (χ4n) is 3.95. The number of hydrogen-bond acceptors (Lipinski definition) is 5. The highest BCUT2D eigenvalue weighted by Crippen LogP contribution is 2.27. The van der Waals surface area contributed by atoms with E-state index in [1.54, 1.807) is 11.3 Å². The third kappa shape index (κ3) is 4.14. The number of nitrogens with one attached hydrogen (secondary N) is 1. The van der Waals surface area contributed by atoms with Crippen LogP contribution in [-0.2, 0) is 16.0 Å². The largest absolute Gasteiger partial charge is 0.378 e. The number of carbonyl (C=O) groups is 1. The zero-order valence-electron chi connectivity index (χ0n) is 14.9. The van der Waals surface area contributed by atoms with Crippen LogP contribution in [0, 0.1) is 0 Å². The summed E-state index contributed by atoms with van der Waals surface area (Å²) in [7, 11) is 0. The van der Waals surface area contributed by atoms with Crippen molar-refractivity contribution in [1.82, 2.24) is 9.88 Å². The first-order valence-electron chi connectivity index (χ1n) is 9.42. The molecule has 2 fully saturated rings. The number of ether oxygens (including phenoxy) is 1. The molecule has 2 heterocycles. The third-order valence-electron chi connectivity index (χ3n) is 5.27. The quantitative estimate of drug-likeness (QED) is 0.876. The first-order chi connectivity index (χ1) is 12.8. The van der Waals surface area contributed by atoms with E-state index in [0.717, 1.165) is 24.4 Å². The molecule has 6 heteroatoms. The lowest BCUT2D eigenvalue weighted by molar-refractivity contribution is -0.129. The Hall–Kier alpha value is -1.76. The Bertz CT molecular complexity index is 728. The summed E-state index contributed by atoms with van der Waals surface area (Å²) in [5.41, 5.74) is 1.25. The Morgan fingerprint density at radius 1 is 1.27 bits per heavy atom. The molecule has 138 valence electrons. The van der Waals surface area contributed by atoms with E-state index in [0.29, 0.717) is 17.8 Å². The second-order valence-corrected chi connectivity index (χ2v) is 8.17. The van der Waals surface area contributed by atoms with Gasteiger partial charge < -0.3 is 10.1 Å². The second-order valence-electron chi connectivity index (χ2n) is 7.05. The van der Waals surface area contributed by atoms with Crippen molar-refractivity contribution in [3.8, 4) is 0 Å². The number of thiazole rings is 1. The van der Waals surface area contributed by atoms with Gasteiger partial charge in [0.15, 0.2) is 5.13 Å². The van der Waals surface area contributed by atoms with Gasteiger partial charge in [-0.3, -0.25) is 9.69 Å². The normalized spacial score (nSPS) is 21.8. The number of rotatable bonds is 5. The third-order valence-corrected chi connectivity index (χ3v) is 6.18. The van der Waals surface area contributed by atoms with Crippen molar-refractivity contribution >= 4 is 22.4 Å². The average Bonchev–Trinajstić information content (AvgIpc) is 3.35. The first-order valence-corrected chi connectivity index (χ1v) is 10.2. The van der Waals surface area contributed by atoms with E-state index in [1.165, 1.54) is 31.2 Å². The molecule has 0 spiro atoms. The second kappa shape index (κ2) is 8.29. The Morgan fingerprint density at radius 3 is 2.88 bits per heavy atom. The summed E-state index contributed by atoms with van der Waals surface area (Å²) < 4.78 is 5.60. The van der Waals surface area contributed by atoms with Crippen molar-refractivity contribution in [3.05, 3.63) is 47.0 Å². The van der Waals surface area contributed by atoms with E-state index in [9.17, 15) is 4.79 Å². The van der Waals surface area contributed by atoms with Crippen molar-refractivity contribution in [2.75, 3.05) is 25.1 Å². The molecule has 1 N–H and O–H groups in total. The number of carbonyl (C=O) groups excluding carboxylic acids is 1. The van der Waals surface area contributed by atoms with Crippen LogP contribution >= 0.6 is 11.3 Å². The molecule has 2 aromatic rings. The summed E-state index contributed by atoms with van der Waals surface area (Å²) >= 11 is 1.55. The number of morpholine rings is 1. The maximum absolute atomic E-state index is 12.8. The van der Waals surface area contributed by atoms with Gasteiger partial charge in [-0.15, -0.1) is 11.3 Å². The maximum Gasteiger partial charge on any atom is 0.245 e. The maximum atomic E-state index is 12.8. The molecule has 1 saturated heterocycles. The molecule has 26 heavy (non-hydrogen) atoms.